The lowest BCUT2D eigenvalue weighted by Gasteiger charge is -2.01. The van der Waals surface area contributed by atoms with Crippen LogP contribution in [0.2, 0.25) is 0 Å². The molecule has 2 rings (SSSR count). The lowest BCUT2D eigenvalue weighted by atomic mass is 10.1. The van der Waals surface area contributed by atoms with Gasteiger partial charge in [-0.05, 0) is 25.1 Å². The van der Waals surface area contributed by atoms with Gasteiger partial charge in [-0.25, -0.2) is 0 Å². The van der Waals surface area contributed by atoms with Crippen LogP contribution in [0.4, 0.5) is 0 Å². The van der Waals surface area contributed by atoms with E-state index in [9.17, 15) is 0 Å². The molecule has 1 aromatic rings. The van der Waals surface area contributed by atoms with Crippen molar-refractivity contribution in [3.05, 3.63) is 35.4 Å². The number of benzene rings is 1. The van der Waals surface area contributed by atoms with Crippen molar-refractivity contribution in [3.63, 3.8) is 0 Å². The Morgan fingerprint density at radius 2 is 2.27 bits per heavy atom. The molecule has 0 amide bonds. The van der Waals surface area contributed by atoms with Gasteiger partial charge in [-0.15, -0.1) is 0 Å². The summed E-state index contributed by atoms with van der Waals surface area (Å²) in [5, 5.41) is 0. The minimum Gasteiger partial charge on any atom is -0.296 e. The van der Waals surface area contributed by atoms with Crippen LogP contribution in [-0.4, -0.2) is 18.5 Å². The molecule has 1 fully saturated rings. The normalized spacial score (nSPS) is 29.7. The SMILES string of the molecule is [2H]Cc1ccccc1C1CN1C. The lowest BCUT2D eigenvalue weighted by Crippen LogP contribution is -1.90. The third-order valence-electron chi connectivity index (χ3n) is 2.27. The molecule has 1 aliphatic heterocycles. The summed E-state index contributed by atoms with van der Waals surface area (Å²) in [6, 6.07) is 8.84. The number of rotatable bonds is 1. The summed E-state index contributed by atoms with van der Waals surface area (Å²) in [6.07, 6.45) is 0. The Kier molecular flexibility index (Phi) is 1.23. The molecule has 1 heterocycles. The third kappa shape index (κ3) is 1.16. The molecule has 11 heavy (non-hydrogen) atoms. The van der Waals surface area contributed by atoms with Gasteiger partial charge in [0.25, 0.3) is 0 Å². The fourth-order valence-corrected chi connectivity index (χ4v) is 1.42. The lowest BCUT2D eigenvalue weighted by molar-refractivity contribution is 0.630. The second-order valence-electron chi connectivity index (χ2n) is 3.15. The highest BCUT2D eigenvalue weighted by Crippen LogP contribution is 2.33. The fourth-order valence-electron chi connectivity index (χ4n) is 1.42. The van der Waals surface area contributed by atoms with E-state index in [0.717, 1.165) is 6.54 Å². The van der Waals surface area contributed by atoms with Crippen molar-refractivity contribution in [1.82, 2.24) is 4.90 Å². The van der Waals surface area contributed by atoms with E-state index in [4.69, 9.17) is 1.37 Å². The molecule has 58 valence electrons. The first-order chi connectivity index (χ1) is 5.83. The second kappa shape index (κ2) is 2.35. The van der Waals surface area contributed by atoms with Crippen LogP contribution in [0.3, 0.4) is 0 Å². The summed E-state index contributed by atoms with van der Waals surface area (Å²) < 4.78 is 7.35. The largest absolute Gasteiger partial charge is 0.296 e. The summed E-state index contributed by atoms with van der Waals surface area (Å²) in [5.41, 5.74) is 2.52. The molecule has 1 aliphatic rings. The first kappa shape index (κ1) is 5.78. The smallest absolute Gasteiger partial charge is 0.0475 e. The zero-order valence-corrected chi connectivity index (χ0v) is 6.75. The summed E-state index contributed by atoms with van der Waals surface area (Å²) in [6.45, 7) is 1.55. The molecule has 2 atom stereocenters. The zero-order chi connectivity index (χ0) is 8.55. The van der Waals surface area contributed by atoms with E-state index in [1.807, 2.05) is 6.07 Å². The van der Waals surface area contributed by atoms with Gasteiger partial charge in [0, 0.05) is 14.0 Å². The van der Waals surface area contributed by atoms with E-state index >= 15 is 0 Å². The second-order valence-corrected chi connectivity index (χ2v) is 3.15. The first-order valence-electron chi connectivity index (χ1n) is 4.61. The standard InChI is InChI=1S/C10H13N/c1-8-5-3-4-6-9(8)10-7-11(10)2/h3-6,10H,7H2,1-2H3/i1D. The van der Waals surface area contributed by atoms with Gasteiger partial charge >= 0.3 is 0 Å². The maximum absolute atomic E-state index is 7.35. The van der Waals surface area contributed by atoms with E-state index in [0.29, 0.717) is 12.9 Å². The van der Waals surface area contributed by atoms with Crippen molar-refractivity contribution in [2.75, 3.05) is 13.6 Å². The van der Waals surface area contributed by atoms with Gasteiger partial charge in [-0.1, -0.05) is 24.3 Å². The molecule has 0 bridgehead atoms. The minimum absolute atomic E-state index is 0.403. The number of hydrogen-bond acceptors (Lipinski definition) is 1. The number of likely N-dealkylation sites (N-methyl/N-ethyl adjacent to an activating group) is 1. The number of hydrogen-bond donors (Lipinski definition) is 0. The van der Waals surface area contributed by atoms with Crippen LogP contribution in [-0.2, 0) is 0 Å². The van der Waals surface area contributed by atoms with Crippen LogP contribution >= 0.6 is 0 Å². The third-order valence-corrected chi connectivity index (χ3v) is 2.27. The molecule has 1 aromatic carbocycles. The number of aryl methyl sites for hydroxylation is 1. The fraction of sp³-hybridized carbons (Fsp3) is 0.400. The van der Waals surface area contributed by atoms with E-state index in [1.54, 1.807) is 0 Å². The van der Waals surface area contributed by atoms with Crippen molar-refractivity contribution >= 4 is 0 Å². The average molecular weight is 148 g/mol. The van der Waals surface area contributed by atoms with Crippen LogP contribution in [0.5, 0.6) is 0 Å². The summed E-state index contributed by atoms with van der Waals surface area (Å²) >= 11 is 0. The Bertz CT molecular complexity index is 285. The van der Waals surface area contributed by atoms with Gasteiger partial charge in [-0.3, -0.25) is 4.90 Å². The van der Waals surface area contributed by atoms with Crippen molar-refractivity contribution in [1.29, 1.82) is 0 Å². The topological polar surface area (TPSA) is 3.01 Å². The molecule has 1 nitrogen and oxygen atoms in total. The van der Waals surface area contributed by atoms with Crippen molar-refractivity contribution in [2.45, 2.75) is 12.9 Å². The highest BCUT2D eigenvalue weighted by molar-refractivity contribution is 5.31. The van der Waals surface area contributed by atoms with Crippen LogP contribution in [0.1, 0.15) is 18.5 Å². The Morgan fingerprint density at radius 1 is 1.55 bits per heavy atom. The van der Waals surface area contributed by atoms with Crippen LogP contribution < -0.4 is 0 Å². The average Bonchev–Trinajstić information content (AvgIpc) is 2.83. The maximum atomic E-state index is 7.35. The monoisotopic (exact) mass is 148 g/mol. The van der Waals surface area contributed by atoms with Crippen LogP contribution in [0, 0.1) is 6.90 Å². The number of nitrogens with zero attached hydrogens (tertiary/aromatic N) is 1. The van der Waals surface area contributed by atoms with E-state index in [-0.39, 0.29) is 0 Å². The molecule has 0 radical (unpaired) electrons. The van der Waals surface area contributed by atoms with Crippen LogP contribution in [0.15, 0.2) is 24.3 Å². The Labute approximate surface area is 69.1 Å². The zero-order valence-electron chi connectivity index (χ0n) is 7.75. The van der Waals surface area contributed by atoms with Gasteiger partial charge in [-0.2, -0.15) is 0 Å². The molecular formula is C10H13N. The quantitative estimate of drug-likeness (QED) is 0.550. The van der Waals surface area contributed by atoms with Gasteiger partial charge in [0.15, 0.2) is 0 Å². The van der Waals surface area contributed by atoms with Gasteiger partial charge in [0.2, 0.25) is 0 Å². The molecule has 0 aromatic heterocycles. The van der Waals surface area contributed by atoms with Crippen molar-refractivity contribution in [3.8, 4) is 0 Å². The minimum atomic E-state index is 0.403. The molecular weight excluding hydrogens is 134 g/mol. The van der Waals surface area contributed by atoms with E-state index < -0.39 is 0 Å². The van der Waals surface area contributed by atoms with Crippen molar-refractivity contribution < 1.29 is 1.37 Å². The molecule has 0 spiro atoms. The first-order valence-corrected chi connectivity index (χ1v) is 3.90. The summed E-state index contributed by atoms with van der Waals surface area (Å²) in [7, 11) is 2.12. The summed E-state index contributed by atoms with van der Waals surface area (Å²) in [4.78, 5) is 2.29. The predicted molar refractivity (Wildman–Crippen MR) is 46.6 cm³/mol. The highest BCUT2D eigenvalue weighted by atomic mass is 15.3. The van der Waals surface area contributed by atoms with E-state index in [1.165, 1.54) is 11.1 Å². The molecule has 2 unspecified atom stereocenters. The van der Waals surface area contributed by atoms with Gasteiger partial charge in [0.05, 0.1) is 0 Å². The van der Waals surface area contributed by atoms with Gasteiger partial charge < -0.3 is 0 Å². The Morgan fingerprint density at radius 3 is 2.91 bits per heavy atom. The van der Waals surface area contributed by atoms with E-state index in [2.05, 4.69) is 30.1 Å². The Balaban J connectivity index is 2.29. The molecule has 0 saturated carbocycles. The molecule has 0 aliphatic carbocycles. The summed E-state index contributed by atoms with van der Waals surface area (Å²) in [5.74, 6) is 0. The molecule has 0 N–H and O–H groups in total. The van der Waals surface area contributed by atoms with Crippen molar-refractivity contribution in [2.24, 2.45) is 0 Å². The Hall–Kier alpha value is -0.820. The highest BCUT2D eigenvalue weighted by Gasteiger charge is 2.31. The molecule has 1 heteroatoms. The van der Waals surface area contributed by atoms with Gasteiger partial charge in [0.1, 0.15) is 0 Å². The maximum Gasteiger partial charge on any atom is 0.0475 e. The predicted octanol–water partition coefficient (Wildman–Crippen LogP) is 1.98. The van der Waals surface area contributed by atoms with Crippen LogP contribution in [0.25, 0.3) is 0 Å². The molecule has 1 saturated heterocycles.